The van der Waals surface area contributed by atoms with E-state index in [9.17, 15) is 10.1 Å². The molecule has 3 aromatic carbocycles. The number of hydrogen-bond acceptors (Lipinski definition) is 4. The van der Waals surface area contributed by atoms with Gasteiger partial charge >= 0.3 is 0 Å². The van der Waals surface area contributed by atoms with E-state index in [2.05, 4.69) is 23.5 Å². The second kappa shape index (κ2) is 9.21. The van der Waals surface area contributed by atoms with Gasteiger partial charge in [0.1, 0.15) is 0 Å². The number of carbonyl (C=O) groups excluding carboxylic acids is 1. The molecule has 0 radical (unpaired) electrons. The van der Waals surface area contributed by atoms with Crippen LogP contribution < -0.4 is 5.32 Å². The van der Waals surface area contributed by atoms with Gasteiger partial charge in [-0.05, 0) is 53.3 Å². The average molecular weight is 417 g/mol. The van der Waals surface area contributed by atoms with Crippen LogP contribution in [0.5, 0.6) is 0 Å². The summed E-state index contributed by atoms with van der Waals surface area (Å²) in [4.78, 5) is 13.1. The van der Waals surface area contributed by atoms with Crippen molar-refractivity contribution in [3.05, 3.63) is 89.5 Å². The van der Waals surface area contributed by atoms with Gasteiger partial charge in [-0.2, -0.15) is 5.26 Å². The molecule has 0 bridgehead atoms. The number of thioether (sulfide) groups is 2. The van der Waals surface area contributed by atoms with Gasteiger partial charge in [0.05, 0.1) is 16.2 Å². The maximum Gasteiger partial charge on any atom is 0.256 e. The predicted molar refractivity (Wildman–Crippen MR) is 123 cm³/mol. The lowest BCUT2D eigenvalue weighted by Gasteiger charge is -2.21. The maximum atomic E-state index is 13.1. The maximum absolute atomic E-state index is 13.1. The smallest absolute Gasteiger partial charge is 0.256 e. The molecule has 0 aliphatic carbocycles. The molecule has 1 amide bonds. The van der Waals surface area contributed by atoms with Gasteiger partial charge in [-0.3, -0.25) is 4.79 Å². The van der Waals surface area contributed by atoms with Crippen molar-refractivity contribution >= 4 is 35.1 Å². The molecule has 29 heavy (non-hydrogen) atoms. The molecule has 3 nitrogen and oxygen atoms in total. The first-order chi connectivity index (χ1) is 14.3. The second-order valence-electron chi connectivity index (χ2n) is 6.71. The number of hydrogen-bond donors (Lipinski definition) is 1. The van der Waals surface area contributed by atoms with Crippen molar-refractivity contribution in [2.75, 3.05) is 16.8 Å². The Bertz CT molecular complexity index is 1070. The number of amides is 1. The van der Waals surface area contributed by atoms with Gasteiger partial charge in [-0.1, -0.05) is 48.5 Å². The van der Waals surface area contributed by atoms with E-state index in [1.54, 1.807) is 12.1 Å². The molecule has 1 heterocycles. The van der Waals surface area contributed by atoms with E-state index in [4.69, 9.17) is 0 Å². The monoisotopic (exact) mass is 416 g/mol. The predicted octanol–water partition coefficient (Wildman–Crippen LogP) is 6.35. The van der Waals surface area contributed by atoms with Crippen molar-refractivity contribution < 1.29 is 4.79 Å². The lowest BCUT2D eigenvalue weighted by molar-refractivity contribution is 0.102. The summed E-state index contributed by atoms with van der Waals surface area (Å²) in [6.07, 6.45) is 1.25. The van der Waals surface area contributed by atoms with Crippen LogP contribution in [-0.2, 0) is 0 Å². The third-order valence-corrected chi connectivity index (χ3v) is 7.77. The van der Waals surface area contributed by atoms with Crippen LogP contribution in [0.15, 0.2) is 72.8 Å². The van der Waals surface area contributed by atoms with Crippen molar-refractivity contribution in [2.45, 2.75) is 11.0 Å². The van der Waals surface area contributed by atoms with E-state index in [0.29, 0.717) is 15.7 Å². The van der Waals surface area contributed by atoms with Crippen LogP contribution in [0.4, 0.5) is 5.69 Å². The average Bonchev–Trinajstić information content (AvgIpc) is 2.80. The minimum absolute atomic E-state index is 0.172. The summed E-state index contributed by atoms with van der Waals surface area (Å²) in [7, 11) is 0. The fourth-order valence-electron chi connectivity index (χ4n) is 3.37. The highest BCUT2D eigenvalue weighted by Crippen LogP contribution is 2.44. The number of nitrogens with zero attached hydrogens (tertiary/aromatic N) is 1. The lowest BCUT2D eigenvalue weighted by atomic mass is 9.95. The van der Waals surface area contributed by atoms with Crippen LogP contribution >= 0.6 is 23.5 Å². The summed E-state index contributed by atoms with van der Waals surface area (Å²) in [6.45, 7) is 0. The van der Waals surface area contributed by atoms with E-state index in [-0.39, 0.29) is 5.91 Å². The number of rotatable bonds is 4. The molecule has 1 N–H and O–H groups in total. The van der Waals surface area contributed by atoms with E-state index in [1.165, 1.54) is 23.5 Å². The molecule has 0 aromatic heterocycles. The fraction of sp³-hybridized carbons (Fsp3) is 0.167. The zero-order chi connectivity index (χ0) is 20.1. The normalized spacial score (nSPS) is 14.2. The molecule has 144 valence electrons. The van der Waals surface area contributed by atoms with E-state index >= 15 is 0 Å². The molecule has 4 rings (SSSR count). The molecular weight excluding hydrogens is 396 g/mol. The van der Waals surface area contributed by atoms with Gasteiger partial charge in [0.15, 0.2) is 0 Å². The first-order valence-corrected chi connectivity index (χ1v) is 11.6. The summed E-state index contributed by atoms with van der Waals surface area (Å²) in [5, 5.41) is 12.5. The van der Waals surface area contributed by atoms with Crippen LogP contribution in [0.25, 0.3) is 11.1 Å². The van der Waals surface area contributed by atoms with Gasteiger partial charge in [-0.25, -0.2) is 0 Å². The molecule has 5 heteroatoms. The second-order valence-corrected chi connectivity index (χ2v) is 9.43. The number of nitriles is 1. The number of carbonyl (C=O) groups is 1. The highest BCUT2D eigenvalue weighted by molar-refractivity contribution is 8.16. The van der Waals surface area contributed by atoms with Crippen LogP contribution in [0.1, 0.15) is 32.5 Å². The minimum Gasteiger partial charge on any atom is -0.322 e. The molecule has 0 spiro atoms. The Labute approximate surface area is 179 Å². The highest BCUT2D eigenvalue weighted by Gasteiger charge is 2.18. The van der Waals surface area contributed by atoms with Crippen LogP contribution in [0.3, 0.4) is 0 Å². The molecule has 1 saturated heterocycles. The summed E-state index contributed by atoms with van der Waals surface area (Å²) < 4.78 is 0.426. The molecule has 0 atom stereocenters. The standard InChI is InChI=1S/C24H20N2OS2/c25-16-18-7-1-2-10-20(18)21-11-3-4-12-22(21)23(27)26-19-9-5-8-17(15-19)24-28-13-6-14-29-24/h1-5,7-12,15,24H,6,13-14H2,(H,26,27). The summed E-state index contributed by atoms with van der Waals surface area (Å²) in [6, 6.07) is 25.1. The molecule has 1 aliphatic heterocycles. The number of benzene rings is 3. The SMILES string of the molecule is N#Cc1ccccc1-c1ccccc1C(=O)Nc1cccc(C2SCCCS2)c1. The molecular formula is C24H20N2OS2. The van der Waals surface area contributed by atoms with E-state index in [0.717, 1.165) is 16.8 Å². The topological polar surface area (TPSA) is 52.9 Å². The van der Waals surface area contributed by atoms with E-state index < -0.39 is 0 Å². The Morgan fingerprint density at radius 3 is 2.45 bits per heavy atom. The third-order valence-electron chi connectivity index (χ3n) is 4.75. The number of nitrogens with one attached hydrogen (secondary N) is 1. The Morgan fingerprint density at radius 2 is 1.66 bits per heavy atom. The van der Waals surface area contributed by atoms with Gasteiger partial charge < -0.3 is 5.32 Å². The Kier molecular flexibility index (Phi) is 6.24. The van der Waals surface area contributed by atoms with Gasteiger partial charge in [-0.15, -0.1) is 23.5 Å². The Morgan fingerprint density at radius 1 is 0.931 bits per heavy atom. The van der Waals surface area contributed by atoms with Crippen molar-refractivity contribution in [3.63, 3.8) is 0 Å². The van der Waals surface area contributed by atoms with Crippen LogP contribution in [-0.4, -0.2) is 17.4 Å². The third kappa shape index (κ3) is 4.50. The largest absolute Gasteiger partial charge is 0.322 e. The zero-order valence-electron chi connectivity index (χ0n) is 15.8. The molecule has 1 fully saturated rings. The van der Waals surface area contributed by atoms with Crippen molar-refractivity contribution in [1.82, 2.24) is 0 Å². The number of anilines is 1. The molecule has 1 aliphatic rings. The first kappa shape index (κ1) is 19.6. The molecule has 0 unspecified atom stereocenters. The first-order valence-electron chi connectivity index (χ1n) is 9.49. The molecule has 0 saturated carbocycles. The van der Waals surface area contributed by atoms with Crippen molar-refractivity contribution in [2.24, 2.45) is 0 Å². The quantitative estimate of drug-likeness (QED) is 0.539. The fourth-order valence-corrected chi connectivity index (χ4v) is 6.25. The van der Waals surface area contributed by atoms with Crippen LogP contribution in [0, 0.1) is 11.3 Å². The summed E-state index contributed by atoms with van der Waals surface area (Å²) in [5.41, 5.74) is 4.67. The van der Waals surface area contributed by atoms with Crippen molar-refractivity contribution in [3.8, 4) is 17.2 Å². The Balaban J connectivity index is 1.61. The summed E-state index contributed by atoms with van der Waals surface area (Å²) >= 11 is 3.93. The Hall–Kier alpha value is -2.68. The van der Waals surface area contributed by atoms with Gasteiger partial charge in [0.25, 0.3) is 5.91 Å². The minimum atomic E-state index is -0.172. The van der Waals surface area contributed by atoms with Crippen LogP contribution in [0.2, 0.25) is 0 Å². The van der Waals surface area contributed by atoms with Gasteiger partial charge in [0, 0.05) is 16.8 Å². The van der Waals surface area contributed by atoms with Gasteiger partial charge in [0.2, 0.25) is 0 Å². The van der Waals surface area contributed by atoms with E-state index in [1.807, 2.05) is 72.1 Å². The molecule has 3 aromatic rings. The zero-order valence-corrected chi connectivity index (χ0v) is 17.4. The highest BCUT2D eigenvalue weighted by atomic mass is 32.2. The summed E-state index contributed by atoms with van der Waals surface area (Å²) in [5.74, 6) is 2.19. The van der Waals surface area contributed by atoms with Crippen molar-refractivity contribution in [1.29, 1.82) is 5.26 Å². The lowest BCUT2D eigenvalue weighted by Crippen LogP contribution is -2.13.